The van der Waals surface area contributed by atoms with Crippen LogP contribution in [0.5, 0.6) is 0 Å². The molecule has 20 heavy (non-hydrogen) atoms. The number of amides is 1. The molecule has 0 saturated carbocycles. The highest BCUT2D eigenvalue weighted by Crippen LogP contribution is 2.14. The molecule has 5 nitrogen and oxygen atoms in total. The zero-order chi connectivity index (χ0) is 15.0. The summed E-state index contributed by atoms with van der Waals surface area (Å²) in [7, 11) is 3.42. The minimum absolute atomic E-state index is 0.0215. The molecular weight excluding hydrogens is 256 g/mol. The van der Waals surface area contributed by atoms with Gasteiger partial charge in [0.05, 0.1) is 6.61 Å². The SMILES string of the molecule is CCOC(=O)C(NCCC(=O)N(C)C)c1ccccc1. The first-order chi connectivity index (χ1) is 9.56. The summed E-state index contributed by atoms with van der Waals surface area (Å²) in [6, 6.07) is 8.82. The van der Waals surface area contributed by atoms with Crippen molar-refractivity contribution in [1.29, 1.82) is 0 Å². The predicted octanol–water partition coefficient (Wildman–Crippen LogP) is 1.36. The van der Waals surface area contributed by atoms with E-state index in [1.165, 1.54) is 4.90 Å². The first-order valence-corrected chi connectivity index (χ1v) is 6.71. The van der Waals surface area contributed by atoms with Crippen molar-refractivity contribution in [3.8, 4) is 0 Å². The number of nitrogens with zero attached hydrogens (tertiary/aromatic N) is 1. The van der Waals surface area contributed by atoms with Crippen molar-refractivity contribution >= 4 is 11.9 Å². The first-order valence-electron chi connectivity index (χ1n) is 6.71. The topological polar surface area (TPSA) is 58.6 Å². The van der Waals surface area contributed by atoms with Crippen LogP contribution >= 0.6 is 0 Å². The average molecular weight is 278 g/mol. The minimum atomic E-state index is -0.536. The molecule has 5 heteroatoms. The number of hydrogen-bond donors (Lipinski definition) is 1. The number of carbonyl (C=O) groups excluding carboxylic acids is 2. The largest absolute Gasteiger partial charge is 0.465 e. The van der Waals surface area contributed by atoms with Gasteiger partial charge in [0.15, 0.2) is 0 Å². The summed E-state index contributed by atoms with van der Waals surface area (Å²) in [5.41, 5.74) is 0.836. The van der Waals surface area contributed by atoms with Crippen LogP contribution in [0.15, 0.2) is 30.3 Å². The Kier molecular flexibility index (Phi) is 6.73. The second kappa shape index (κ2) is 8.32. The van der Waals surface area contributed by atoms with Gasteiger partial charge in [-0.2, -0.15) is 0 Å². The smallest absolute Gasteiger partial charge is 0.327 e. The third-order valence-corrected chi connectivity index (χ3v) is 2.84. The normalized spacial score (nSPS) is 11.8. The molecule has 1 aromatic carbocycles. The lowest BCUT2D eigenvalue weighted by Gasteiger charge is -2.18. The van der Waals surface area contributed by atoms with Crippen LogP contribution in [0, 0.1) is 0 Å². The van der Waals surface area contributed by atoms with E-state index in [-0.39, 0.29) is 11.9 Å². The summed E-state index contributed by atoms with van der Waals surface area (Å²) in [5.74, 6) is -0.302. The summed E-state index contributed by atoms with van der Waals surface area (Å²) in [4.78, 5) is 25.0. The van der Waals surface area contributed by atoms with E-state index in [4.69, 9.17) is 4.74 Å². The molecule has 0 aromatic heterocycles. The van der Waals surface area contributed by atoms with Crippen molar-refractivity contribution in [2.75, 3.05) is 27.2 Å². The average Bonchev–Trinajstić information content (AvgIpc) is 2.44. The highest BCUT2D eigenvalue weighted by Gasteiger charge is 2.21. The molecule has 0 saturated heterocycles. The van der Waals surface area contributed by atoms with Gasteiger partial charge in [-0.25, -0.2) is 4.79 Å². The summed E-state index contributed by atoms with van der Waals surface area (Å²) in [6.45, 7) is 2.53. The Balaban J connectivity index is 2.65. The van der Waals surface area contributed by atoms with Gasteiger partial charge in [-0.3, -0.25) is 4.79 Å². The first kappa shape index (κ1) is 16.2. The Labute approximate surface area is 119 Å². The van der Waals surface area contributed by atoms with E-state index >= 15 is 0 Å². The maximum atomic E-state index is 12.0. The van der Waals surface area contributed by atoms with Gasteiger partial charge in [-0.1, -0.05) is 30.3 Å². The van der Waals surface area contributed by atoms with E-state index in [1.54, 1.807) is 21.0 Å². The Morgan fingerprint density at radius 1 is 1.25 bits per heavy atom. The molecule has 0 fully saturated rings. The molecule has 1 amide bonds. The highest BCUT2D eigenvalue weighted by atomic mass is 16.5. The number of esters is 1. The Hall–Kier alpha value is -1.88. The fraction of sp³-hybridized carbons (Fsp3) is 0.467. The van der Waals surface area contributed by atoms with Crippen molar-refractivity contribution in [2.45, 2.75) is 19.4 Å². The third kappa shape index (κ3) is 5.01. The van der Waals surface area contributed by atoms with Gasteiger partial charge < -0.3 is 15.0 Å². The predicted molar refractivity (Wildman–Crippen MR) is 77.1 cm³/mol. The second-order valence-electron chi connectivity index (χ2n) is 4.59. The molecule has 110 valence electrons. The van der Waals surface area contributed by atoms with E-state index < -0.39 is 6.04 Å². The zero-order valence-electron chi connectivity index (χ0n) is 12.3. The fourth-order valence-electron chi connectivity index (χ4n) is 1.76. The molecule has 0 aliphatic heterocycles. The quantitative estimate of drug-likeness (QED) is 0.765. The summed E-state index contributed by atoms with van der Waals surface area (Å²) >= 11 is 0. The molecule has 1 atom stereocenters. The second-order valence-corrected chi connectivity index (χ2v) is 4.59. The maximum absolute atomic E-state index is 12.0. The monoisotopic (exact) mass is 278 g/mol. The van der Waals surface area contributed by atoms with Crippen LogP contribution in [0.2, 0.25) is 0 Å². The van der Waals surface area contributed by atoms with Crippen LogP contribution < -0.4 is 5.32 Å². The molecule has 0 radical (unpaired) electrons. The van der Waals surface area contributed by atoms with Gasteiger partial charge >= 0.3 is 5.97 Å². The van der Waals surface area contributed by atoms with Gasteiger partial charge in [-0.05, 0) is 12.5 Å². The van der Waals surface area contributed by atoms with Crippen LogP contribution in [-0.2, 0) is 14.3 Å². The van der Waals surface area contributed by atoms with Crippen LogP contribution in [0.1, 0.15) is 24.9 Å². The fourth-order valence-corrected chi connectivity index (χ4v) is 1.76. The van der Waals surface area contributed by atoms with Crippen LogP contribution in [0.4, 0.5) is 0 Å². The van der Waals surface area contributed by atoms with E-state index in [2.05, 4.69) is 5.32 Å². The van der Waals surface area contributed by atoms with Crippen molar-refractivity contribution in [3.05, 3.63) is 35.9 Å². The summed E-state index contributed by atoms with van der Waals surface area (Å²) < 4.78 is 5.07. The van der Waals surface area contributed by atoms with E-state index in [9.17, 15) is 9.59 Å². The molecule has 1 N–H and O–H groups in total. The molecule has 0 aliphatic rings. The number of nitrogens with one attached hydrogen (secondary N) is 1. The highest BCUT2D eigenvalue weighted by molar-refractivity contribution is 5.78. The number of ether oxygens (including phenoxy) is 1. The third-order valence-electron chi connectivity index (χ3n) is 2.84. The van der Waals surface area contributed by atoms with Crippen molar-refractivity contribution < 1.29 is 14.3 Å². The maximum Gasteiger partial charge on any atom is 0.327 e. The Morgan fingerprint density at radius 2 is 1.90 bits per heavy atom. The summed E-state index contributed by atoms with van der Waals surface area (Å²) in [6.07, 6.45) is 0.343. The van der Waals surface area contributed by atoms with E-state index in [0.717, 1.165) is 5.56 Å². The number of hydrogen-bond acceptors (Lipinski definition) is 4. The van der Waals surface area contributed by atoms with Gasteiger partial charge in [0, 0.05) is 27.1 Å². The number of carbonyl (C=O) groups is 2. The Morgan fingerprint density at radius 3 is 2.45 bits per heavy atom. The number of benzene rings is 1. The molecule has 0 aliphatic carbocycles. The van der Waals surface area contributed by atoms with Crippen molar-refractivity contribution in [3.63, 3.8) is 0 Å². The molecule has 1 unspecified atom stereocenters. The molecule has 1 rings (SSSR count). The zero-order valence-corrected chi connectivity index (χ0v) is 12.3. The Bertz CT molecular complexity index is 432. The van der Waals surface area contributed by atoms with Crippen LogP contribution in [0.25, 0.3) is 0 Å². The van der Waals surface area contributed by atoms with Crippen molar-refractivity contribution in [2.24, 2.45) is 0 Å². The standard InChI is InChI=1S/C15H22N2O3/c1-4-20-15(19)14(12-8-6-5-7-9-12)16-11-10-13(18)17(2)3/h5-9,14,16H,4,10-11H2,1-3H3. The lowest BCUT2D eigenvalue weighted by atomic mass is 10.1. The molecule has 0 spiro atoms. The van der Waals surface area contributed by atoms with E-state index in [0.29, 0.717) is 19.6 Å². The molecular formula is C15H22N2O3. The van der Waals surface area contributed by atoms with Crippen LogP contribution in [-0.4, -0.2) is 44.0 Å². The minimum Gasteiger partial charge on any atom is -0.465 e. The van der Waals surface area contributed by atoms with Gasteiger partial charge in [-0.15, -0.1) is 0 Å². The molecule has 0 heterocycles. The van der Waals surface area contributed by atoms with Crippen molar-refractivity contribution in [1.82, 2.24) is 10.2 Å². The lowest BCUT2D eigenvalue weighted by molar-refractivity contribution is -0.146. The van der Waals surface area contributed by atoms with Gasteiger partial charge in [0.1, 0.15) is 6.04 Å². The number of rotatable bonds is 7. The molecule has 0 bridgehead atoms. The van der Waals surface area contributed by atoms with E-state index in [1.807, 2.05) is 30.3 Å². The van der Waals surface area contributed by atoms with Gasteiger partial charge in [0.25, 0.3) is 0 Å². The molecule has 1 aromatic rings. The summed E-state index contributed by atoms with van der Waals surface area (Å²) in [5, 5.41) is 3.08. The lowest BCUT2D eigenvalue weighted by Crippen LogP contribution is -2.33. The van der Waals surface area contributed by atoms with Crippen LogP contribution in [0.3, 0.4) is 0 Å². The van der Waals surface area contributed by atoms with Gasteiger partial charge in [0.2, 0.25) is 5.91 Å².